The zero-order valence-electron chi connectivity index (χ0n) is 23.7. The van der Waals surface area contributed by atoms with Crippen molar-refractivity contribution in [1.82, 2.24) is 29.2 Å². The summed E-state index contributed by atoms with van der Waals surface area (Å²) in [5, 5.41) is 8.83. The monoisotopic (exact) mass is 569 g/mol. The third kappa shape index (κ3) is 5.89. The van der Waals surface area contributed by atoms with E-state index in [9.17, 15) is 8.42 Å². The van der Waals surface area contributed by atoms with Gasteiger partial charge in [0.1, 0.15) is 11.5 Å². The molecule has 5 aromatic rings. The van der Waals surface area contributed by atoms with Crippen LogP contribution in [0.2, 0.25) is 0 Å². The number of aryl methyl sites for hydroxylation is 2. The lowest BCUT2D eigenvalue weighted by Crippen LogP contribution is -2.51. The Balaban J connectivity index is 1.28. The standard InChI is InChI=1S/C31H35N7O2S/c1-31(2,37-16-18-41(39,40)19-17-37)14-13-24-21-38(26-20-33-36(3)22-26)30-27(24)11-12-28(35-30)23-7-9-25(10-8-23)34-29-6-4-5-15-32-29/h4-12,15,20-22H,13-14,16-19H2,1-3H3,(H,32,34). The van der Waals surface area contributed by atoms with Crippen LogP contribution in [-0.4, -0.2) is 67.8 Å². The van der Waals surface area contributed by atoms with E-state index in [1.54, 1.807) is 10.9 Å². The van der Waals surface area contributed by atoms with Gasteiger partial charge in [-0.1, -0.05) is 18.2 Å². The molecule has 0 aliphatic carbocycles. The van der Waals surface area contributed by atoms with Crippen LogP contribution in [0.4, 0.5) is 11.5 Å². The topological polar surface area (TPSA) is 97.9 Å². The first-order chi connectivity index (χ1) is 19.7. The van der Waals surface area contributed by atoms with Crippen molar-refractivity contribution in [3.63, 3.8) is 0 Å². The molecule has 1 fully saturated rings. The van der Waals surface area contributed by atoms with Crippen LogP contribution >= 0.6 is 0 Å². The van der Waals surface area contributed by atoms with E-state index < -0.39 is 9.84 Å². The van der Waals surface area contributed by atoms with Crippen LogP contribution < -0.4 is 5.32 Å². The average Bonchev–Trinajstić information content (AvgIpc) is 3.55. The van der Waals surface area contributed by atoms with Gasteiger partial charge in [0, 0.05) is 60.9 Å². The SMILES string of the molecule is Cn1cc(-n2cc(CCC(C)(C)N3CCS(=O)(=O)CC3)c3ccc(-c4ccc(Nc5ccccn5)cc4)nc32)cn1. The number of anilines is 2. The number of fused-ring (bicyclic) bond motifs is 1. The van der Waals surface area contributed by atoms with Crippen LogP contribution in [0.25, 0.3) is 28.0 Å². The van der Waals surface area contributed by atoms with E-state index in [-0.39, 0.29) is 17.0 Å². The van der Waals surface area contributed by atoms with Crippen molar-refractivity contribution in [3.8, 4) is 16.9 Å². The molecule has 4 aromatic heterocycles. The Morgan fingerprint density at radius 3 is 2.44 bits per heavy atom. The van der Waals surface area contributed by atoms with Crippen molar-refractivity contribution >= 4 is 32.4 Å². The number of sulfone groups is 1. The molecule has 0 atom stereocenters. The molecule has 212 valence electrons. The van der Waals surface area contributed by atoms with Crippen molar-refractivity contribution in [2.24, 2.45) is 7.05 Å². The van der Waals surface area contributed by atoms with Crippen molar-refractivity contribution < 1.29 is 8.42 Å². The predicted molar refractivity (Wildman–Crippen MR) is 163 cm³/mol. The van der Waals surface area contributed by atoms with Crippen molar-refractivity contribution in [3.05, 3.63) is 84.9 Å². The summed E-state index contributed by atoms with van der Waals surface area (Å²) in [6, 6.07) is 18.2. The Hall–Kier alpha value is -4.02. The molecular weight excluding hydrogens is 534 g/mol. The van der Waals surface area contributed by atoms with E-state index in [1.165, 1.54) is 5.56 Å². The van der Waals surface area contributed by atoms with Gasteiger partial charge in [0.15, 0.2) is 9.84 Å². The minimum atomic E-state index is -2.91. The van der Waals surface area contributed by atoms with Crippen molar-refractivity contribution in [1.29, 1.82) is 0 Å². The zero-order valence-corrected chi connectivity index (χ0v) is 24.5. The maximum Gasteiger partial charge on any atom is 0.152 e. The number of nitrogens with one attached hydrogen (secondary N) is 1. The molecule has 1 aliphatic rings. The van der Waals surface area contributed by atoms with Gasteiger partial charge in [-0.05, 0) is 68.7 Å². The highest BCUT2D eigenvalue weighted by Crippen LogP contribution is 2.31. The van der Waals surface area contributed by atoms with Gasteiger partial charge < -0.3 is 5.32 Å². The van der Waals surface area contributed by atoms with Crippen molar-refractivity contribution in [2.45, 2.75) is 32.2 Å². The number of hydrogen-bond donors (Lipinski definition) is 1. The Kier molecular flexibility index (Phi) is 7.13. The highest BCUT2D eigenvalue weighted by Gasteiger charge is 2.32. The summed E-state index contributed by atoms with van der Waals surface area (Å²) >= 11 is 0. The number of aromatic nitrogens is 5. The first kappa shape index (κ1) is 27.2. The van der Waals surface area contributed by atoms with Gasteiger partial charge in [0.05, 0.1) is 29.1 Å². The number of nitrogens with zero attached hydrogens (tertiary/aromatic N) is 6. The molecular formula is C31H35N7O2S. The first-order valence-electron chi connectivity index (χ1n) is 13.9. The third-order valence-corrected chi connectivity index (χ3v) is 9.64. The summed E-state index contributed by atoms with van der Waals surface area (Å²) in [7, 11) is -0.995. The van der Waals surface area contributed by atoms with Crippen molar-refractivity contribution in [2.75, 3.05) is 29.9 Å². The third-order valence-electron chi connectivity index (χ3n) is 8.03. The number of rotatable bonds is 8. The molecule has 1 saturated heterocycles. The summed E-state index contributed by atoms with van der Waals surface area (Å²) in [6.07, 6.45) is 9.56. The summed E-state index contributed by atoms with van der Waals surface area (Å²) < 4.78 is 27.8. The molecule has 1 aliphatic heterocycles. The zero-order chi connectivity index (χ0) is 28.6. The Labute approximate surface area is 240 Å². The lowest BCUT2D eigenvalue weighted by Gasteiger charge is -2.41. The fraction of sp³-hybridized carbons (Fsp3) is 0.323. The molecule has 0 saturated carbocycles. The van der Waals surface area contributed by atoms with Gasteiger partial charge in [-0.2, -0.15) is 5.10 Å². The van der Waals surface area contributed by atoms with E-state index in [4.69, 9.17) is 4.98 Å². The molecule has 0 bridgehead atoms. The van der Waals surface area contributed by atoms with Gasteiger partial charge in [-0.3, -0.25) is 14.1 Å². The molecule has 0 radical (unpaired) electrons. The van der Waals surface area contributed by atoms with E-state index >= 15 is 0 Å². The molecule has 41 heavy (non-hydrogen) atoms. The highest BCUT2D eigenvalue weighted by molar-refractivity contribution is 7.91. The smallest absolute Gasteiger partial charge is 0.152 e. The fourth-order valence-corrected chi connectivity index (χ4v) is 6.69. The van der Waals surface area contributed by atoms with E-state index in [2.05, 4.69) is 69.2 Å². The summed E-state index contributed by atoms with van der Waals surface area (Å²) in [4.78, 5) is 11.8. The fourth-order valence-electron chi connectivity index (χ4n) is 5.48. The molecule has 1 N–H and O–H groups in total. The maximum absolute atomic E-state index is 12.0. The summed E-state index contributed by atoms with van der Waals surface area (Å²) in [5.41, 5.74) is 5.84. The second-order valence-electron chi connectivity index (χ2n) is 11.3. The minimum absolute atomic E-state index is 0.114. The lowest BCUT2D eigenvalue weighted by atomic mass is 9.93. The predicted octanol–water partition coefficient (Wildman–Crippen LogP) is 5.01. The van der Waals surface area contributed by atoms with Gasteiger partial charge in [-0.15, -0.1) is 0 Å². The molecule has 0 unspecified atom stereocenters. The molecule has 10 heteroatoms. The van der Waals surface area contributed by atoms with Crippen LogP contribution in [-0.2, 0) is 23.3 Å². The summed E-state index contributed by atoms with van der Waals surface area (Å²) in [6.45, 7) is 5.61. The van der Waals surface area contributed by atoms with Crippen LogP contribution in [0.3, 0.4) is 0 Å². The molecule has 1 aromatic carbocycles. The molecule has 5 heterocycles. The molecule has 6 rings (SSSR count). The van der Waals surface area contributed by atoms with Gasteiger partial charge in [-0.25, -0.2) is 18.4 Å². The lowest BCUT2D eigenvalue weighted by molar-refractivity contribution is 0.123. The minimum Gasteiger partial charge on any atom is -0.340 e. The number of hydrogen-bond acceptors (Lipinski definition) is 7. The normalized spacial score (nSPS) is 15.8. The van der Waals surface area contributed by atoms with Crippen LogP contribution in [0, 0.1) is 0 Å². The first-order valence-corrected chi connectivity index (χ1v) is 15.7. The highest BCUT2D eigenvalue weighted by atomic mass is 32.2. The quantitative estimate of drug-likeness (QED) is 0.281. The van der Waals surface area contributed by atoms with Gasteiger partial charge >= 0.3 is 0 Å². The molecule has 0 amide bonds. The van der Waals surface area contributed by atoms with Gasteiger partial charge in [0.2, 0.25) is 0 Å². The molecule has 9 nitrogen and oxygen atoms in total. The average molecular weight is 570 g/mol. The van der Waals surface area contributed by atoms with Gasteiger partial charge in [0.25, 0.3) is 0 Å². The maximum atomic E-state index is 12.0. The molecule has 0 spiro atoms. The second-order valence-corrected chi connectivity index (χ2v) is 13.6. The van der Waals surface area contributed by atoms with E-state index in [0.29, 0.717) is 13.1 Å². The Morgan fingerprint density at radius 1 is 0.976 bits per heavy atom. The van der Waals surface area contributed by atoms with Crippen LogP contribution in [0.1, 0.15) is 25.8 Å². The van der Waals surface area contributed by atoms with E-state index in [0.717, 1.165) is 52.3 Å². The van der Waals surface area contributed by atoms with E-state index in [1.807, 2.05) is 49.8 Å². The largest absolute Gasteiger partial charge is 0.340 e. The number of benzene rings is 1. The summed E-state index contributed by atoms with van der Waals surface area (Å²) in [5.74, 6) is 1.28. The van der Waals surface area contributed by atoms with Crippen LogP contribution in [0.5, 0.6) is 0 Å². The number of pyridine rings is 2. The Morgan fingerprint density at radius 2 is 1.76 bits per heavy atom. The Bertz CT molecular complexity index is 1760. The second kappa shape index (κ2) is 10.8. The van der Waals surface area contributed by atoms with Crippen LogP contribution in [0.15, 0.2) is 79.4 Å².